The highest BCUT2D eigenvalue weighted by Gasteiger charge is 1.49. The molecular weight excluding hydrogens is 60.1 g/mol. The monoisotopic (exact) mass is 69.1 g/mol. The van der Waals surface area contributed by atoms with Crippen molar-refractivity contribution in [3.05, 3.63) is 12.7 Å². The van der Waals surface area contributed by atoms with Crippen molar-refractivity contribution in [3.63, 3.8) is 0 Å². The Hall–Kier alpha value is -0.260. The summed E-state index contributed by atoms with van der Waals surface area (Å²) in [5, 5.41) is 0. The summed E-state index contributed by atoms with van der Waals surface area (Å²) in [5.41, 5.74) is 0. The summed E-state index contributed by atoms with van der Waals surface area (Å²) in [5.74, 6) is 0. The molecule has 0 saturated heterocycles. The Bertz CT molecular complexity index is 21.2. The maximum Gasteiger partial charge on any atom is -0.0677 e. The highest BCUT2D eigenvalue weighted by atomic mass is 13.7. The second kappa shape index (κ2) is 3.74. The molecule has 0 rings (SSSR count). The number of hydrogen-bond donors (Lipinski definition) is 0. The zero-order chi connectivity index (χ0) is 4.12. The molecule has 0 N–H and O–H groups in total. The smallest absolute Gasteiger partial charge is 0.0677 e. The Morgan fingerprint density at radius 2 is 2.40 bits per heavy atom. The van der Waals surface area contributed by atoms with Crippen LogP contribution >= 0.6 is 0 Å². The van der Waals surface area contributed by atoms with E-state index < -0.39 is 0 Å². The van der Waals surface area contributed by atoms with Crippen molar-refractivity contribution in [2.75, 3.05) is 0 Å². The van der Waals surface area contributed by atoms with Crippen molar-refractivity contribution in [2.45, 2.75) is 19.8 Å². The average molecular weight is 69.1 g/mol. The third-order valence-corrected chi connectivity index (χ3v) is 0.427. The lowest BCUT2D eigenvalue weighted by Crippen LogP contribution is -1.53. The first kappa shape index (κ1) is 4.74. The molecule has 0 aliphatic carbocycles. The quantitative estimate of drug-likeness (QED) is 0.433. The van der Waals surface area contributed by atoms with Crippen molar-refractivity contribution < 1.29 is 0 Å². The summed E-state index contributed by atoms with van der Waals surface area (Å²) in [6.07, 6.45) is 4.97. The Morgan fingerprint density at radius 3 is 2.40 bits per heavy atom. The van der Waals surface area contributed by atoms with E-state index >= 15 is 0 Å². The van der Waals surface area contributed by atoms with E-state index in [2.05, 4.69) is 19.6 Å². The van der Waals surface area contributed by atoms with Gasteiger partial charge in [0.25, 0.3) is 0 Å². The minimum absolute atomic E-state index is 1.03. The van der Waals surface area contributed by atoms with Gasteiger partial charge < -0.3 is 6.08 Å². The fourth-order valence-electron chi connectivity index (χ4n) is 0.177. The van der Waals surface area contributed by atoms with E-state index in [0.29, 0.717) is 0 Å². The highest BCUT2D eigenvalue weighted by Crippen LogP contribution is 1.80. The van der Waals surface area contributed by atoms with Crippen molar-refractivity contribution >= 4 is 0 Å². The number of rotatable bonds is 2. The standard InChI is InChI=1S/C5H9/c1-3-5-4-2/h1,4-5H2,2H3/q-1. The predicted molar refractivity (Wildman–Crippen MR) is 23.8 cm³/mol. The molecule has 0 amide bonds. The van der Waals surface area contributed by atoms with Gasteiger partial charge in [0.15, 0.2) is 0 Å². The van der Waals surface area contributed by atoms with Crippen LogP contribution in [0.15, 0.2) is 6.58 Å². The summed E-state index contributed by atoms with van der Waals surface area (Å²) in [7, 11) is 0. The van der Waals surface area contributed by atoms with E-state index in [0.717, 1.165) is 6.42 Å². The van der Waals surface area contributed by atoms with Gasteiger partial charge in [0.2, 0.25) is 0 Å². The normalized spacial score (nSPS) is 7.40. The van der Waals surface area contributed by atoms with Gasteiger partial charge >= 0.3 is 0 Å². The molecule has 0 spiro atoms. The van der Waals surface area contributed by atoms with E-state index in [9.17, 15) is 0 Å². The Balaban J connectivity index is 2.40. The second-order valence-corrected chi connectivity index (χ2v) is 1.000. The van der Waals surface area contributed by atoms with Crippen LogP contribution in [-0.4, -0.2) is 0 Å². The summed E-state index contributed by atoms with van der Waals surface area (Å²) < 4.78 is 0. The molecule has 0 heteroatoms. The van der Waals surface area contributed by atoms with E-state index in [-0.39, 0.29) is 0 Å². The average Bonchev–Trinajstić information content (AvgIpc) is 1.41. The molecular formula is C5H9-. The number of hydrogen-bond acceptors (Lipinski definition) is 0. The van der Waals surface area contributed by atoms with Crippen LogP contribution < -0.4 is 0 Å². The lowest BCUT2D eigenvalue weighted by Gasteiger charge is -1.90. The third kappa shape index (κ3) is 3.74. The molecule has 0 unspecified atom stereocenters. The first-order valence-electron chi connectivity index (χ1n) is 1.91. The fraction of sp³-hybridized carbons (Fsp3) is 0.600. The summed E-state index contributed by atoms with van der Waals surface area (Å²) in [6, 6.07) is 0. The number of unbranched alkanes of at least 4 members (excludes halogenated alkanes) is 1. The van der Waals surface area contributed by atoms with E-state index in [1.54, 1.807) is 0 Å². The Kier molecular flexibility index (Phi) is 3.55. The zero-order valence-electron chi connectivity index (χ0n) is 3.62. The fourth-order valence-corrected chi connectivity index (χ4v) is 0.177. The molecule has 0 aromatic rings. The highest BCUT2D eigenvalue weighted by molar-refractivity contribution is 4.50. The molecule has 0 heterocycles. The summed E-state index contributed by atoms with van der Waals surface area (Å²) in [4.78, 5) is 0. The molecule has 0 aliphatic rings. The maximum atomic E-state index is 3.43. The molecule has 0 nitrogen and oxygen atoms in total. The molecule has 0 fully saturated rings. The molecule has 0 aliphatic heterocycles. The SMILES string of the molecule is C=[C-]CCC. The van der Waals surface area contributed by atoms with Crippen LogP contribution in [-0.2, 0) is 0 Å². The van der Waals surface area contributed by atoms with Gasteiger partial charge in [-0.3, -0.25) is 6.58 Å². The minimum atomic E-state index is 1.03. The molecule has 0 saturated carbocycles. The molecule has 0 atom stereocenters. The molecule has 0 aromatic heterocycles. The molecule has 0 radical (unpaired) electrons. The van der Waals surface area contributed by atoms with Crippen LogP contribution in [0, 0.1) is 6.08 Å². The van der Waals surface area contributed by atoms with Crippen LogP contribution in [0.2, 0.25) is 0 Å². The Morgan fingerprint density at radius 1 is 1.80 bits per heavy atom. The lowest BCUT2D eigenvalue weighted by atomic mass is 10.3. The van der Waals surface area contributed by atoms with Crippen molar-refractivity contribution in [3.8, 4) is 0 Å². The van der Waals surface area contributed by atoms with Crippen LogP contribution in [0.3, 0.4) is 0 Å². The van der Waals surface area contributed by atoms with Crippen LogP contribution in [0.1, 0.15) is 19.8 Å². The zero-order valence-corrected chi connectivity index (χ0v) is 3.62. The molecule has 0 bridgehead atoms. The predicted octanol–water partition coefficient (Wildman–Crippen LogP) is 1.78. The number of allylic oxidation sites excluding steroid dienone is 1. The van der Waals surface area contributed by atoms with Gasteiger partial charge in [0.05, 0.1) is 0 Å². The van der Waals surface area contributed by atoms with Gasteiger partial charge in [-0.1, -0.05) is 13.3 Å². The van der Waals surface area contributed by atoms with Crippen molar-refractivity contribution in [1.82, 2.24) is 0 Å². The minimum Gasteiger partial charge on any atom is -0.504 e. The van der Waals surface area contributed by atoms with Gasteiger partial charge in [0.1, 0.15) is 0 Å². The molecule has 0 aromatic carbocycles. The van der Waals surface area contributed by atoms with Gasteiger partial charge in [-0.25, -0.2) is 0 Å². The lowest BCUT2D eigenvalue weighted by molar-refractivity contribution is 0.943. The van der Waals surface area contributed by atoms with E-state index in [1.807, 2.05) is 0 Å². The van der Waals surface area contributed by atoms with Gasteiger partial charge in [-0.05, 0) is 0 Å². The van der Waals surface area contributed by atoms with Crippen LogP contribution in [0.5, 0.6) is 0 Å². The first-order chi connectivity index (χ1) is 2.41. The second-order valence-electron chi connectivity index (χ2n) is 1.000. The van der Waals surface area contributed by atoms with Crippen molar-refractivity contribution in [2.24, 2.45) is 0 Å². The van der Waals surface area contributed by atoms with Crippen LogP contribution in [0.4, 0.5) is 0 Å². The van der Waals surface area contributed by atoms with E-state index in [4.69, 9.17) is 0 Å². The van der Waals surface area contributed by atoms with Gasteiger partial charge in [-0.2, -0.15) is 6.42 Å². The van der Waals surface area contributed by atoms with Crippen molar-refractivity contribution in [1.29, 1.82) is 0 Å². The van der Waals surface area contributed by atoms with Gasteiger partial charge in [-0.15, -0.1) is 0 Å². The third-order valence-electron chi connectivity index (χ3n) is 0.427. The maximum absolute atomic E-state index is 3.43. The summed E-state index contributed by atoms with van der Waals surface area (Å²) in [6.45, 7) is 5.53. The van der Waals surface area contributed by atoms with Crippen LogP contribution in [0.25, 0.3) is 0 Å². The van der Waals surface area contributed by atoms with Gasteiger partial charge in [0, 0.05) is 0 Å². The van der Waals surface area contributed by atoms with E-state index in [1.165, 1.54) is 6.42 Å². The topological polar surface area (TPSA) is 0 Å². The largest absolute Gasteiger partial charge is 0.504 e. The molecule has 5 heavy (non-hydrogen) atoms. The first-order valence-corrected chi connectivity index (χ1v) is 1.91. The molecule has 30 valence electrons. The summed E-state index contributed by atoms with van der Waals surface area (Å²) >= 11 is 0. The Labute approximate surface area is 33.5 Å².